The van der Waals surface area contributed by atoms with Crippen LogP contribution in [-0.4, -0.2) is 16.1 Å². The van der Waals surface area contributed by atoms with Crippen LogP contribution in [0, 0.1) is 5.82 Å². The molecular formula is C17H12FNO3. The number of H-pyrrole nitrogens is 1. The Morgan fingerprint density at radius 2 is 1.91 bits per heavy atom. The van der Waals surface area contributed by atoms with E-state index in [9.17, 15) is 14.0 Å². The fourth-order valence-electron chi connectivity index (χ4n) is 2.40. The smallest absolute Gasteiger partial charge is 0.307 e. The molecule has 5 heteroatoms. The molecule has 2 N–H and O–H groups in total. The summed E-state index contributed by atoms with van der Waals surface area (Å²) in [6.07, 6.45) is -0.148. The van der Waals surface area contributed by atoms with Crippen LogP contribution in [0.15, 0.2) is 53.3 Å². The third-order valence-corrected chi connectivity index (χ3v) is 3.41. The summed E-state index contributed by atoms with van der Waals surface area (Å²) in [5.41, 5.74) is 1.51. The molecule has 3 rings (SSSR count). The van der Waals surface area contributed by atoms with E-state index in [1.54, 1.807) is 36.4 Å². The van der Waals surface area contributed by atoms with Gasteiger partial charge in [0, 0.05) is 22.5 Å². The monoisotopic (exact) mass is 297 g/mol. The van der Waals surface area contributed by atoms with Gasteiger partial charge >= 0.3 is 5.97 Å². The van der Waals surface area contributed by atoms with Crippen molar-refractivity contribution in [1.82, 2.24) is 4.98 Å². The molecule has 0 aliphatic rings. The van der Waals surface area contributed by atoms with Gasteiger partial charge in [-0.1, -0.05) is 18.2 Å². The lowest BCUT2D eigenvalue weighted by Crippen LogP contribution is -2.06. The predicted molar refractivity (Wildman–Crippen MR) is 81.3 cm³/mol. The molecule has 22 heavy (non-hydrogen) atoms. The molecule has 2 aromatic carbocycles. The molecule has 0 unspecified atom stereocenters. The van der Waals surface area contributed by atoms with Crippen molar-refractivity contribution in [2.45, 2.75) is 6.42 Å². The van der Waals surface area contributed by atoms with Gasteiger partial charge in [0.1, 0.15) is 5.82 Å². The SMILES string of the molecule is O=C(O)Cc1ccc2[nH]c(-c3ccccc3F)cc(=O)c2c1. The number of nitrogens with one attached hydrogen (secondary N) is 1. The van der Waals surface area contributed by atoms with E-state index in [1.165, 1.54) is 12.1 Å². The highest BCUT2D eigenvalue weighted by molar-refractivity contribution is 5.83. The standard InChI is InChI=1S/C17H12FNO3/c18-13-4-2-1-3-11(13)15-9-16(20)12-7-10(8-17(21)22)5-6-14(12)19-15/h1-7,9H,8H2,(H,19,20)(H,21,22). The number of rotatable bonds is 3. The number of carbonyl (C=O) groups is 1. The van der Waals surface area contributed by atoms with E-state index < -0.39 is 11.8 Å². The number of halogens is 1. The molecule has 4 nitrogen and oxygen atoms in total. The van der Waals surface area contributed by atoms with Gasteiger partial charge in [0.2, 0.25) is 0 Å². The molecule has 1 heterocycles. The van der Waals surface area contributed by atoms with Crippen LogP contribution in [0.1, 0.15) is 5.56 Å². The summed E-state index contributed by atoms with van der Waals surface area (Å²) < 4.78 is 13.8. The van der Waals surface area contributed by atoms with Gasteiger partial charge in [0.15, 0.2) is 5.43 Å². The molecule has 110 valence electrons. The van der Waals surface area contributed by atoms with Crippen molar-refractivity contribution in [3.8, 4) is 11.3 Å². The Labute approximate surface area is 124 Å². The molecule has 0 fully saturated rings. The maximum atomic E-state index is 13.8. The van der Waals surface area contributed by atoms with Crippen molar-refractivity contribution in [3.05, 3.63) is 70.1 Å². The van der Waals surface area contributed by atoms with Crippen LogP contribution in [0.25, 0.3) is 22.2 Å². The summed E-state index contributed by atoms with van der Waals surface area (Å²) in [6.45, 7) is 0. The van der Waals surface area contributed by atoms with Crippen LogP contribution >= 0.6 is 0 Å². The number of aromatic amines is 1. The molecule has 1 aromatic heterocycles. The number of pyridine rings is 1. The first-order valence-corrected chi connectivity index (χ1v) is 6.67. The quantitative estimate of drug-likeness (QED) is 0.781. The van der Waals surface area contributed by atoms with E-state index in [0.29, 0.717) is 27.7 Å². The largest absolute Gasteiger partial charge is 0.481 e. The van der Waals surface area contributed by atoms with Crippen molar-refractivity contribution in [3.63, 3.8) is 0 Å². The van der Waals surface area contributed by atoms with Crippen LogP contribution in [-0.2, 0) is 11.2 Å². The van der Waals surface area contributed by atoms with Gasteiger partial charge in [-0.15, -0.1) is 0 Å². The first kappa shape index (κ1) is 14.0. The van der Waals surface area contributed by atoms with E-state index in [2.05, 4.69) is 4.98 Å². The summed E-state index contributed by atoms with van der Waals surface area (Å²) in [5.74, 6) is -1.38. The minimum Gasteiger partial charge on any atom is -0.481 e. The van der Waals surface area contributed by atoms with Gasteiger partial charge in [-0.25, -0.2) is 4.39 Å². The second-order valence-corrected chi connectivity index (χ2v) is 4.98. The second-order valence-electron chi connectivity index (χ2n) is 4.98. The van der Waals surface area contributed by atoms with Crippen LogP contribution in [0.4, 0.5) is 4.39 Å². The predicted octanol–water partition coefficient (Wildman–Crippen LogP) is 2.96. The second kappa shape index (κ2) is 5.44. The number of aliphatic carboxylic acids is 1. The lowest BCUT2D eigenvalue weighted by atomic mass is 10.1. The van der Waals surface area contributed by atoms with Gasteiger partial charge < -0.3 is 10.1 Å². The summed E-state index contributed by atoms with van der Waals surface area (Å²) in [6, 6.07) is 12.3. The minimum atomic E-state index is -0.959. The zero-order chi connectivity index (χ0) is 15.7. The summed E-state index contributed by atoms with van der Waals surface area (Å²) in [4.78, 5) is 26.0. The van der Waals surface area contributed by atoms with Gasteiger partial charge in [-0.2, -0.15) is 0 Å². The Balaban J connectivity index is 2.16. The van der Waals surface area contributed by atoms with Crippen molar-refractivity contribution >= 4 is 16.9 Å². The Morgan fingerprint density at radius 1 is 1.14 bits per heavy atom. The molecule has 0 atom stereocenters. The van der Waals surface area contributed by atoms with Crippen LogP contribution in [0.3, 0.4) is 0 Å². The summed E-state index contributed by atoms with van der Waals surface area (Å²) >= 11 is 0. The van der Waals surface area contributed by atoms with E-state index in [0.717, 1.165) is 0 Å². The van der Waals surface area contributed by atoms with Gasteiger partial charge in [0.25, 0.3) is 0 Å². The highest BCUT2D eigenvalue weighted by Gasteiger charge is 2.09. The zero-order valence-corrected chi connectivity index (χ0v) is 11.5. The van der Waals surface area contributed by atoms with Crippen LogP contribution < -0.4 is 5.43 Å². The number of benzene rings is 2. The first-order chi connectivity index (χ1) is 10.5. The van der Waals surface area contributed by atoms with E-state index in [4.69, 9.17) is 5.11 Å². The zero-order valence-electron chi connectivity index (χ0n) is 11.5. The maximum Gasteiger partial charge on any atom is 0.307 e. The number of fused-ring (bicyclic) bond motifs is 1. The number of aromatic nitrogens is 1. The molecule has 0 spiro atoms. The van der Waals surface area contributed by atoms with Crippen molar-refractivity contribution < 1.29 is 14.3 Å². The van der Waals surface area contributed by atoms with E-state index in [-0.39, 0.29) is 11.8 Å². The Morgan fingerprint density at radius 3 is 2.64 bits per heavy atom. The van der Waals surface area contributed by atoms with Crippen molar-refractivity contribution in [1.29, 1.82) is 0 Å². The first-order valence-electron chi connectivity index (χ1n) is 6.67. The molecule has 0 radical (unpaired) electrons. The molecular weight excluding hydrogens is 285 g/mol. The third-order valence-electron chi connectivity index (χ3n) is 3.41. The number of hydrogen-bond donors (Lipinski definition) is 2. The lowest BCUT2D eigenvalue weighted by Gasteiger charge is -2.07. The van der Waals surface area contributed by atoms with Crippen LogP contribution in [0.2, 0.25) is 0 Å². The lowest BCUT2D eigenvalue weighted by molar-refractivity contribution is -0.136. The molecule has 0 aliphatic heterocycles. The minimum absolute atomic E-state index is 0.148. The van der Waals surface area contributed by atoms with Gasteiger partial charge in [-0.3, -0.25) is 9.59 Å². The third kappa shape index (κ3) is 2.61. The Bertz CT molecular complexity index is 931. The molecule has 3 aromatic rings. The highest BCUT2D eigenvalue weighted by Crippen LogP contribution is 2.21. The van der Waals surface area contributed by atoms with Crippen molar-refractivity contribution in [2.24, 2.45) is 0 Å². The fraction of sp³-hybridized carbons (Fsp3) is 0.0588. The molecule has 0 saturated carbocycles. The number of hydrogen-bond acceptors (Lipinski definition) is 2. The van der Waals surface area contributed by atoms with Gasteiger partial charge in [0.05, 0.1) is 12.1 Å². The molecule has 0 bridgehead atoms. The molecule has 0 saturated heterocycles. The summed E-state index contributed by atoms with van der Waals surface area (Å²) in [5, 5.41) is 9.19. The molecule has 0 aliphatic carbocycles. The fourth-order valence-corrected chi connectivity index (χ4v) is 2.40. The van der Waals surface area contributed by atoms with Crippen LogP contribution in [0.5, 0.6) is 0 Å². The Kier molecular flexibility index (Phi) is 3.47. The molecule has 0 amide bonds. The Hall–Kier alpha value is -2.95. The highest BCUT2D eigenvalue weighted by atomic mass is 19.1. The van der Waals surface area contributed by atoms with E-state index in [1.807, 2.05) is 0 Å². The normalized spacial score (nSPS) is 10.8. The summed E-state index contributed by atoms with van der Waals surface area (Å²) in [7, 11) is 0. The number of carboxylic acids is 1. The van der Waals surface area contributed by atoms with Gasteiger partial charge in [-0.05, 0) is 29.8 Å². The average molecular weight is 297 g/mol. The van der Waals surface area contributed by atoms with E-state index >= 15 is 0 Å². The number of carboxylic acid groups (broad SMARTS) is 1. The maximum absolute atomic E-state index is 13.8. The average Bonchev–Trinajstić information content (AvgIpc) is 2.47. The van der Waals surface area contributed by atoms with Crippen molar-refractivity contribution in [2.75, 3.05) is 0 Å². The topological polar surface area (TPSA) is 70.2 Å².